The van der Waals surface area contributed by atoms with E-state index in [1.807, 2.05) is 33.9 Å². The zero-order valence-corrected chi connectivity index (χ0v) is 10.8. The first-order valence-electron chi connectivity index (χ1n) is 5.71. The number of allylic oxidation sites excluding steroid dienone is 1. The molecule has 0 radical (unpaired) electrons. The van der Waals surface area contributed by atoms with Crippen molar-refractivity contribution >= 4 is 0 Å². The van der Waals surface area contributed by atoms with Crippen LogP contribution in [0.1, 0.15) is 31.9 Å². The summed E-state index contributed by atoms with van der Waals surface area (Å²) in [6.45, 7) is 10.9. The molecule has 16 heavy (non-hydrogen) atoms. The highest BCUT2D eigenvalue weighted by Crippen LogP contribution is 2.23. The summed E-state index contributed by atoms with van der Waals surface area (Å²) in [4.78, 5) is 2.10. The van der Waals surface area contributed by atoms with Crippen molar-refractivity contribution in [3.05, 3.63) is 47.8 Å². The lowest BCUT2D eigenvalue weighted by Crippen LogP contribution is -2.07. The Morgan fingerprint density at radius 1 is 1.31 bits per heavy atom. The predicted octanol–water partition coefficient (Wildman–Crippen LogP) is 3.99. The van der Waals surface area contributed by atoms with Gasteiger partial charge in [-0.05, 0) is 25.6 Å². The molecule has 0 unspecified atom stereocenters. The Morgan fingerprint density at radius 3 is 2.38 bits per heavy atom. The second kappa shape index (κ2) is 8.05. The summed E-state index contributed by atoms with van der Waals surface area (Å²) in [5.74, 6) is -0.0631. The fourth-order valence-electron chi connectivity index (χ4n) is 1.55. The topological polar surface area (TPSA) is 3.24 Å². The molecule has 90 valence electrons. The molecule has 1 aliphatic heterocycles. The van der Waals surface area contributed by atoms with Crippen LogP contribution in [0.5, 0.6) is 0 Å². The van der Waals surface area contributed by atoms with E-state index >= 15 is 0 Å². The molecule has 0 bridgehead atoms. The highest BCUT2D eigenvalue weighted by Gasteiger charge is 2.17. The van der Waals surface area contributed by atoms with Crippen LogP contribution in [0.25, 0.3) is 0 Å². The Labute approximate surface area is 98.6 Å². The normalized spacial score (nSPS) is 12.8. The molecule has 1 nitrogen and oxygen atoms in total. The smallest absolute Gasteiger partial charge is 0.128 e. The van der Waals surface area contributed by atoms with Gasteiger partial charge in [0.25, 0.3) is 0 Å². The Balaban J connectivity index is 0.000000394. The molecule has 0 fully saturated rings. The minimum atomic E-state index is -0.0631. The van der Waals surface area contributed by atoms with Gasteiger partial charge in [-0.1, -0.05) is 32.1 Å². The second-order valence-corrected chi connectivity index (χ2v) is 3.46. The molecule has 0 N–H and O–H groups in total. The zero-order chi connectivity index (χ0) is 12.6. The average molecular weight is 223 g/mol. The van der Waals surface area contributed by atoms with E-state index in [4.69, 9.17) is 0 Å². The van der Waals surface area contributed by atoms with Gasteiger partial charge < -0.3 is 0 Å². The first kappa shape index (κ1) is 14.8. The molecular weight excluding hydrogens is 201 g/mol. The molecule has 0 aliphatic carbocycles. The van der Waals surface area contributed by atoms with Gasteiger partial charge >= 0.3 is 0 Å². The quantitative estimate of drug-likeness (QED) is 0.601. The average Bonchev–Trinajstić information content (AvgIpc) is 2.64. The van der Waals surface area contributed by atoms with Crippen LogP contribution in [0, 0.1) is 5.82 Å². The van der Waals surface area contributed by atoms with Gasteiger partial charge in [-0.15, -0.1) is 6.58 Å². The van der Waals surface area contributed by atoms with Crippen LogP contribution in [0.3, 0.4) is 0 Å². The maximum Gasteiger partial charge on any atom is 0.128 e. The van der Waals surface area contributed by atoms with E-state index in [9.17, 15) is 4.39 Å². The van der Waals surface area contributed by atoms with E-state index in [1.165, 1.54) is 6.07 Å². The third kappa shape index (κ3) is 4.15. The van der Waals surface area contributed by atoms with Crippen LogP contribution in [0.2, 0.25) is 0 Å². The van der Waals surface area contributed by atoms with E-state index in [0.29, 0.717) is 0 Å². The van der Waals surface area contributed by atoms with Crippen molar-refractivity contribution in [2.24, 2.45) is 0 Å². The molecule has 1 aromatic rings. The van der Waals surface area contributed by atoms with Gasteiger partial charge in [0.2, 0.25) is 0 Å². The third-order valence-electron chi connectivity index (χ3n) is 2.08. The largest absolute Gasteiger partial charge is 0.298 e. The van der Waals surface area contributed by atoms with Gasteiger partial charge in [-0.25, -0.2) is 4.39 Å². The lowest BCUT2D eigenvalue weighted by atomic mass is 10.1. The van der Waals surface area contributed by atoms with Crippen molar-refractivity contribution in [1.82, 2.24) is 4.90 Å². The first-order valence-corrected chi connectivity index (χ1v) is 5.71. The van der Waals surface area contributed by atoms with Crippen molar-refractivity contribution in [2.75, 3.05) is 7.05 Å². The molecule has 0 saturated carbocycles. The zero-order valence-electron chi connectivity index (χ0n) is 10.8. The molecule has 0 atom stereocenters. The molecule has 2 rings (SSSR count). The van der Waals surface area contributed by atoms with Gasteiger partial charge in [-0.2, -0.15) is 0 Å². The van der Waals surface area contributed by atoms with Crippen molar-refractivity contribution in [3.63, 3.8) is 0 Å². The number of fused-ring (bicyclic) bond motifs is 1. The number of halogens is 1. The van der Waals surface area contributed by atoms with Gasteiger partial charge in [0.05, 0.1) is 0 Å². The van der Waals surface area contributed by atoms with Crippen LogP contribution < -0.4 is 0 Å². The minimum absolute atomic E-state index is 0.0631. The lowest BCUT2D eigenvalue weighted by molar-refractivity contribution is 0.350. The van der Waals surface area contributed by atoms with E-state index in [2.05, 4.69) is 11.5 Å². The summed E-state index contributed by atoms with van der Waals surface area (Å²) in [6.07, 6.45) is 1.75. The van der Waals surface area contributed by atoms with Crippen LogP contribution in [0.4, 0.5) is 4.39 Å². The van der Waals surface area contributed by atoms with E-state index < -0.39 is 0 Å². The van der Waals surface area contributed by atoms with Crippen LogP contribution in [-0.4, -0.2) is 11.9 Å². The predicted molar refractivity (Wildman–Crippen MR) is 68.8 cm³/mol. The molecule has 0 aromatic heterocycles. The first-order chi connectivity index (χ1) is 7.69. The summed E-state index contributed by atoms with van der Waals surface area (Å²) >= 11 is 0. The molecular formula is C14H22FN. The second-order valence-electron chi connectivity index (χ2n) is 3.46. The maximum absolute atomic E-state index is 13.0. The van der Waals surface area contributed by atoms with Crippen molar-refractivity contribution < 1.29 is 4.39 Å². The Kier molecular flexibility index (Phi) is 7.48. The molecule has 0 spiro atoms. The van der Waals surface area contributed by atoms with Crippen molar-refractivity contribution in [2.45, 2.75) is 33.9 Å². The molecule has 0 saturated heterocycles. The molecule has 1 aromatic carbocycles. The van der Waals surface area contributed by atoms with Gasteiger partial charge in [0, 0.05) is 18.7 Å². The van der Waals surface area contributed by atoms with E-state index in [-0.39, 0.29) is 5.82 Å². The number of hydrogen-bond acceptors (Lipinski definition) is 1. The number of rotatable bonds is 0. The fraction of sp³-hybridized carbons (Fsp3) is 0.429. The van der Waals surface area contributed by atoms with E-state index in [0.717, 1.165) is 24.2 Å². The van der Waals surface area contributed by atoms with Crippen LogP contribution >= 0.6 is 0 Å². The summed E-state index contributed by atoms with van der Waals surface area (Å²) < 4.78 is 13.0. The van der Waals surface area contributed by atoms with Crippen molar-refractivity contribution in [3.8, 4) is 0 Å². The van der Waals surface area contributed by atoms with Crippen LogP contribution in [-0.2, 0) is 13.1 Å². The van der Waals surface area contributed by atoms with Crippen molar-refractivity contribution in [1.29, 1.82) is 0 Å². The lowest BCUT2D eigenvalue weighted by Gasteiger charge is -2.02. The summed E-state index contributed by atoms with van der Waals surface area (Å²) in [7, 11) is 2.00. The molecule has 2 heteroatoms. The third-order valence-corrected chi connectivity index (χ3v) is 2.08. The highest BCUT2D eigenvalue weighted by molar-refractivity contribution is 5.31. The van der Waals surface area contributed by atoms with Crippen LogP contribution in [0.15, 0.2) is 30.9 Å². The molecule has 0 amide bonds. The summed E-state index contributed by atoms with van der Waals surface area (Å²) in [6, 6.07) is 5.28. The summed E-state index contributed by atoms with van der Waals surface area (Å²) in [5.41, 5.74) is 2.00. The Bertz CT molecular complexity index is 321. The van der Waals surface area contributed by atoms with Gasteiger partial charge in [-0.3, -0.25) is 4.90 Å². The van der Waals surface area contributed by atoms with Gasteiger partial charge in [0.1, 0.15) is 5.82 Å². The Hall–Kier alpha value is -1.15. The standard InChI is InChI=1S/C9H10FN.C3H6.C2H6/c1-11-5-7-3-2-4-9(10)8(7)6-11;1-3-2;1-2/h2-4H,5-6H2,1H3;3H,1H2,2H3;1-2H3. The number of hydrogen-bond donors (Lipinski definition) is 0. The Morgan fingerprint density at radius 2 is 1.88 bits per heavy atom. The SMILES string of the molecule is C=CC.CC.CN1Cc2cccc(F)c2C1. The fourth-order valence-corrected chi connectivity index (χ4v) is 1.55. The summed E-state index contributed by atoms with van der Waals surface area (Å²) in [5, 5.41) is 0. The van der Waals surface area contributed by atoms with E-state index in [1.54, 1.807) is 12.1 Å². The monoisotopic (exact) mass is 223 g/mol. The maximum atomic E-state index is 13.0. The van der Waals surface area contributed by atoms with Gasteiger partial charge in [0.15, 0.2) is 0 Å². The highest BCUT2D eigenvalue weighted by atomic mass is 19.1. The molecule has 1 heterocycles. The minimum Gasteiger partial charge on any atom is -0.298 e. The molecule has 1 aliphatic rings. The number of nitrogens with zero attached hydrogens (tertiary/aromatic N) is 1. The number of benzene rings is 1.